The summed E-state index contributed by atoms with van der Waals surface area (Å²) in [6.45, 7) is 4.26. The second-order valence-electron chi connectivity index (χ2n) is 8.37. The molecule has 0 saturated heterocycles. The molecule has 3 aliphatic rings. The lowest BCUT2D eigenvalue weighted by Crippen LogP contribution is -2.54. The molecular weight excluding hydrogens is 332 g/mol. The highest BCUT2D eigenvalue weighted by molar-refractivity contribution is 5.79. The number of hydrogen-bond acceptors (Lipinski definition) is 5. The molecule has 4 rings (SSSR count). The number of benzene rings is 1. The Morgan fingerprint density at radius 3 is 2.69 bits per heavy atom. The zero-order valence-electron chi connectivity index (χ0n) is 15.9. The van der Waals surface area contributed by atoms with Gasteiger partial charge in [-0.2, -0.15) is 0 Å². The third-order valence-corrected chi connectivity index (χ3v) is 7.05. The van der Waals surface area contributed by atoms with E-state index in [1.165, 1.54) is 12.7 Å². The first-order valence-electron chi connectivity index (χ1n) is 9.32. The number of ether oxygens (including phenoxy) is 3. The first kappa shape index (κ1) is 17.4. The molecule has 0 amide bonds. The van der Waals surface area contributed by atoms with Crippen LogP contribution in [0.2, 0.25) is 0 Å². The van der Waals surface area contributed by atoms with Gasteiger partial charge in [0.2, 0.25) is 0 Å². The summed E-state index contributed by atoms with van der Waals surface area (Å²) in [5.74, 6) is 0.446. The van der Waals surface area contributed by atoms with E-state index < -0.39 is 5.41 Å². The zero-order chi connectivity index (χ0) is 18.7. The van der Waals surface area contributed by atoms with Crippen molar-refractivity contribution in [2.75, 3.05) is 14.2 Å². The average Bonchev–Trinajstić information content (AvgIpc) is 2.62. The molecule has 4 atom stereocenters. The predicted molar refractivity (Wildman–Crippen MR) is 95.0 cm³/mol. The molecule has 5 heteroatoms. The van der Waals surface area contributed by atoms with Gasteiger partial charge in [-0.05, 0) is 60.8 Å². The van der Waals surface area contributed by atoms with Gasteiger partial charge in [0.1, 0.15) is 11.9 Å². The van der Waals surface area contributed by atoms with E-state index in [1.807, 2.05) is 13.0 Å². The number of hydrogen-bond donors (Lipinski definition) is 0. The fourth-order valence-corrected chi connectivity index (χ4v) is 5.79. The van der Waals surface area contributed by atoms with Gasteiger partial charge >= 0.3 is 11.9 Å². The second-order valence-corrected chi connectivity index (χ2v) is 8.37. The van der Waals surface area contributed by atoms with Crippen molar-refractivity contribution in [3.63, 3.8) is 0 Å². The SMILES string of the molecule is COC(=O)[C@@]1(C)CCCC2(C)c3cc(OC)cc4c3[C@H](CC21)OC(=O)C4. The van der Waals surface area contributed by atoms with Crippen LogP contribution in [0.5, 0.6) is 5.75 Å². The van der Waals surface area contributed by atoms with Gasteiger partial charge in [0.25, 0.3) is 0 Å². The number of esters is 2. The van der Waals surface area contributed by atoms with Crippen molar-refractivity contribution in [1.29, 1.82) is 0 Å². The maximum Gasteiger partial charge on any atom is 0.311 e. The minimum absolute atomic E-state index is 0.0551. The Morgan fingerprint density at radius 2 is 2.00 bits per heavy atom. The predicted octanol–water partition coefficient (Wildman–Crippen LogP) is 3.48. The Kier molecular flexibility index (Phi) is 3.83. The van der Waals surface area contributed by atoms with Gasteiger partial charge in [0.15, 0.2) is 0 Å². The van der Waals surface area contributed by atoms with Gasteiger partial charge in [-0.15, -0.1) is 0 Å². The molecule has 26 heavy (non-hydrogen) atoms. The van der Waals surface area contributed by atoms with E-state index in [4.69, 9.17) is 14.2 Å². The summed E-state index contributed by atoms with van der Waals surface area (Å²) >= 11 is 0. The molecule has 0 N–H and O–H groups in total. The molecule has 1 saturated carbocycles. The quantitative estimate of drug-likeness (QED) is 0.758. The molecule has 1 aromatic carbocycles. The molecule has 140 valence electrons. The Hall–Kier alpha value is -2.04. The summed E-state index contributed by atoms with van der Waals surface area (Å²) in [7, 11) is 3.10. The van der Waals surface area contributed by atoms with Gasteiger partial charge in [-0.25, -0.2) is 0 Å². The molecule has 5 nitrogen and oxygen atoms in total. The topological polar surface area (TPSA) is 61.8 Å². The molecule has 0 spiro atoms. The fourth-order valence-electron chi connectivity index (χ4n) is 5.79. The van der Waals surface area contributed by atoms with Crippen molar-refractivity contribution in [3.8, 4) is 5.75 Å². The lowest BCUT2D eigenvalue weighted by molar-refractivity contribution is -0.166. The molecule has 1 fully saturated rings. The minimum Gasteiger partial charge on any atom is -0.497 e. The fraction of sp³-hybridized carbons (Fsp3) is 0.619. The number of carbonyl (C=O) groups is 2. The number of rotatable bonds is 2. The monoisotopic (exact) mass is 358 g/mol. The Labute approximate surface area is 154 Å². The van der Waals surface area contributed by atoms with Crippen LogP contribution < -0.4 is 4.74 Å². The minimum atomic E-state index is -0.577. The van der Waals surface area contributed by atoms with E-state index in [2.05, 4.69) is 13.0 Å². The standard InChI is InChI=1S/C21H26O5/c1-20-6-5-7-21(2,19(23)25-4)16(20)11-15-18-12(9-17(22)26-15)8-13(24-3)10-14(18)20/h8,10,15-16H,5-7,9,11H2,1-4H3/t15-,16?,20?,21-/m0/s1. The van der Waals surface area contributed by atoms with Crippen molar-refractivity contribution >= 4 is 11.9 Å². The van der Waals surface area contributed by atoms with Gasteiger partial charge in [0, 0.05) is 5.56 Å². The molecule has 0 bridgehead atoms. The van der Waals surface area contributed by atoms with E-state index in [0.29, 0.717) is 6.42 Å². The van der Waals surface area contributed by atoms with E-state index in [-0.39, 0.29) is 35.8 Å². The highest BCUT2D eigenvalue weighted by atomic mass is 16.5. The van der Waals surface area contributed by atoms with Crippen LogP contribution in [0.3, 0.4) is 0 Å². The third-order valence-electron chi connectivity index (χ3n) is 7.05. The first-order valence-corrected chi connectivity index (χ1v) is 9.32. The molecule has 1 aliphatic heterocycles. The van der Waals surface area contributed by atoms with Crippen molar-refractivity contribution < 1.29 is 23.8 Å². The Bertz CT molecular complexity index is 785. The molecule has 2 unspecified atom stereocenters. The van der Waals surface area contributed by atoms with Crippen molar-refractivity contribution in [2.45, 2.75) is 57.5 Å². The smallest absolute Gasteiger partial charge is 0.311 e. The van der Waals surface area contributed by atoms with Gasteiger partial charge in [0.05, 0.1) is 26.1 Å². The average molecular weight is 358 g/mol. The normalized spacial score (nSPS) is 35.0. The highest BCUT2D eigenvalue weighted by Gasteiger charge is 2.58. The van der Waals surface area contributed by atoms with Crippen LogP contribution in [0.15, 0.2) is 12.1 Å². The van der Waals surface area contributed by atoms with Crippen LogP contribution in [-0.2, 0) is 30.9 Å². The summed E-state index contributed by atoms with van der Waals surface area (Å²) in [6.07, 6.45) is 3.43. The van der Waals surface area contributed by atoms with E-state index in [9.17, 15) is 9.59 Å². The van der Waals surface area contributed by atoms with Crippen LogP contribution >= 0.6 is 0 Å². The summed E-state index contributed by atoms with van der Waals surface area (Å²) in [5, 5.41) is 0. The number of methoxy groups -OCH3 is 2. The van der Waals surface area contributed by atoms with Crippen molar-refractivity contribution in [1.82, 2.24) is 0 Å². The summed E-state index contributed by atoms with van der Waals surface area (Å²) in [6, 6.07) is 4.04. The van der Waals surface area contributed by atoms with Crippen LogP contribution in [-0.4, -0.2) is 26.2 Å². The lowest BCUT2D eigenvalue weighted by Gasteiger charge is -2.56. The maximum atomic E-state index is 12.7. The Morgan fingerprint density at radius 1 is 1.23 bits per heavy atom. The van der Waals surface area contributed by atoms with E-state index in [1.54, 1.807) is 7.11 Å². The van der Waals surface area contributed by atoms with Crippen LogP contribution in [0.1, 0.15) is 62.3 Å². The largest absolute Gasteiger partial charge is 0.497 e. The van der Waals surface area contributed by atoms with Gasteiger partial charge < -0.3 is 14.2 Å². The van der Waals surface area contributed by atoms with E-state index in [0.717, 1.165) is 36.1 Å². The zero-order valence-corrected chi connectivity index (χ0v) is 15.9. The molecule has 1 aromatic rings. The van der Waals surface area contributed by atoms with Crippen molar-refractivity contribution in [3.05, 3.63) is 28.8 Å². The maximum absolute atomic E-state index is 12.7. The van der Waals surface area contributed by atoms with Gasteiger partial charge in [-0.1, -0.05) is 13.3 Å². The Balaban J connectivity index is 1.93. The third kappa shape index (κ3) is 2.22. The first-order chi connectivity index (χ1) is 12.3. The van der Waals surface area contributed by atoms with Crippen LogP contribution in [0, 0.1) is 11.3 Å². The molecular formula is C21H26O5. The lowest BCUT2D eigenvalue weighted by atomic mass is 9.49. The second kappa shape index (κ2) is 5.73. The molecule has 1 heterocycles. The van der Waals surface area contributed by atoms with E-state index >= 15 is 0 Å². The summed E-state index contributed by atoms with van der Waals surface area (Å²) < 4.78 is 16.4. The summed E-state index contributed by atoms with van der Waals surface area (Å²) in [4.78, 5) is 24.9. The van der Waals surface area contributed by atoms with Gasteiger partial charge in [-0.3, -0.25) is 9.59 Å². The molecule has 2 aliphatic carbocycles. The molecule has 0 aromatic heterocycles. The summed E-state index contributed by atoms with van der Waals surface area (Å²) in [5.41, 5.74) is 2.58. The van der Waals surface area contributed by atoms with Crippen LogP contribution in [0.4, 0.5) is 0 Å². The van der Waals surface area contributed by atoms with Crippen LogP contribution in [0.25, 0.3) is 0 Å². The van der Waals surface area contributed by atoms with Crippen molar-refractivity contribution in [2.24, 2.45) is 11.3 Å². The highest BCUT2D eigenvalue weighted by Crippen LogP contribution is 2.61. The number of carbonyl (C=O) groups excluding carboxylic acids is 2. The number of fused-ring (bicyclic) bond motifs is 2. The molecule has 0 radical (unpaired) electrons.